The van der Waals surface area contributed by atoms with Crippen LogP contribution < -0.4 is 9.62 Å². The number of anilines is 1. The number of nitrogens with zero attached hydrogens (tertiary/aromatic N) is 1. The number of hydrogen-bond acceptors (Lipinski definition) is 3. The molecular weight excluding hydrogens is 456 g/mol. The van der Waals surface area contributed by atoms with E-state index in [-0.39, 0.29) is 10.8 Å². The molecule has 0 spiro atoms. The fraction of sp³-hybridized carbons (Fsp3) is 0.115. The van der Waals surface area contributed by atoms with Crippen LogP contribution in [0.3, 0.4) is 0 Å². The van der Waals surface area contributed by atoms with Gasteiger partial charge in [0.1, 0.15) is 0 Å². The van der Waals surface area contributed by atoms with Crippen LogP contribution in [-0.4, -0.2) is 20.9 Å². The van der Waals surface area contributed by atoms with Crippen LogP contribution in [0.15, 0.2) is 89.8 Å². The average Bonchev–Trinajstić information content (AvgIpc) is 3.27. The van der Waals surface area contributed by atoms with E-state index < -0.39 is 10.0 Å². The zero-order valence-corrected chi connectivity index (χ0v) is 19.2. The molecule has 0 fully saturated rings. The van der Waals surface area contributed by atoms with E-state index in [1.54, 1.807) is 30.3 Å². The summed E-state index contributed by atoms with van der Waals surface area (Å²) < 4.78 is 27.6. The molecule has 1 aliphatic heterocycles. The molecule has 0 aromatic heterocycles. The summed E-state index contributed by atoms with van der Waals surface area (Å²) in [6.07, 6.45) is 0.548. The van der Waals surface area contributed by atoms with Crippen LogP contribution in [-0.2, 0) is 23.0 Å². The highest BCUT2D eigenvalue weighted by Crippen LogP contribution is 2.34. The molecule has 1 heterocycles. The third-order valence-corrected chi connectivity index (χ3v) is 7.99. The van der Waals surface area contributed by atoms with Gasteiger partial charge in [0.15, 0.2) is 0 Å². The van der Waals surface area contributed by atoms with Gasteiger partial charge in [-0.25, -0.2) is 8.42 Å². The van der Waals surface area contributed by atoms with E-state index in [1.807, 2.05) is 42.5 Å². The van der Waals surface area contributed by atoms with Gasteiger partial charge in [-0.15, -0.1) is 0 Å². The lowest BCUT2D eigenvalue weighted by atomic mass is 10.0. The second-order valence-electron chi connectivity index (χ2n) is 7.95. The van der Waals surface area contributed by atoms with E-state index in [4.69, 9.17) is 11.6 Å². The average molecular weight is 477 g/mol. The number of carbonyl (C=O) groups excluding carboxylic acids is 1. The minimum Gasteiger partial charge on any atom is -0.348 e. The van der Waals surface area contributed by atoms with E-state index in [0.717, 1.165) is 21.9 Å². The number of halogens is 1. The number of carbonyl (C=O) groups is 1. The molecule has 0 aliphatic carbocycles. The zero-order chi connectivity index (χ0) is 23.0. The third-order valence-electron chi connectivity index (χ3n) is 5.92. The van der Waals surface area contributed by atoms with E-state index in [2.05, 4.69) is 5.32 Å². The van der Waals surface area contributed by atoms with Crippen LogP contribution in [0.25, 0.3) is 10.8 Å². The Labute approximate surface area is 197 Å². The molecule has 0 saturated heterocycles. The quantitative estimate of drug-likeness (QED) is 0.432. The van der Waals surface area contributed by atoms with E-state index >= 15 is 0 Å². The molecule has 166 valence electrons. The van der Waals surface area contributed by atoms with Crippen molar-refractivity contribution >= 4 is 44.0 Å². The molecule has 4 aromatic rings. The van der Waals surface area contributed by atoms with E-state index in [1.165, 1.54) is 16.4 Å². The minimum absolute atomic E-state index is 0.190. The number of benzene rings is 4. The summed E-state index contributed by atoms with van der Waals surface area (Å²) in [5, 5.41) is 5.71. The molecule has 7 heteroatoms. The Bertz CT molecular complexity index is 1460. The van der Waals surface area contributed by atoms with Crippen molar-refractivity contribution in [3.05, 3.63) is 107 Å². The fourth-order valence-electron chi connectivity index (χ4n) is 4.22. The molecule has 0 atom stereocenters. The molecule has 5 rings (SSSR count). The molecule has 5 nitrogen and oxygen atoms in total. The van der Waals surface area contributed by atoms with Gasteiger partial charge in [-0.05, 0) is 70.8 Å². The first-order chi connectivity index (χ1) is 15.9. The van der Waals surface area contributed by atoms with Gasteiger partial charge < -0.3 is 5.32 Å². The van der Waals surface area contributed by atoms with Gasteiger partial charge in [0.25, 0.3) is 15.9 Å². The van der Waals surface area contributed by atoms with E-state index in [0.29, 0.717) is 35.8 Å². The maximum Gasteiger partial charge on any atom is 0.264 e. The Morgan fingerprint density at radius 3 is 2.52 bits per heavy atom. The highest BCUT2D eigenvalue weighted by molar-refractivity contribution is 7.92. The lowest BCUT2D eigenvalue weighted by molar-refractivity contribution is 0.0951. The maximum atomic E-state index is 13.1. The molecule has 0 saturated carbocycles. The summed E-state index contributed by atoms with van der Waals surface area (Å²) in [5.74, 6) is -0.190. The summed E-state index contributed by atoms with van der Waals surface area (Å²) in [4.78, 5) is 13.0. The van der Waals surface area contributed by atoms with Gasteiger partial charge in [0.05, 0.1) is 10.6 Å². The summed E-state index contributed by atoms with van der Waals surface area (Å²) in [6.45, 7) is 0.746. The second-order valence-corrected chi connectivity index (χ2v) is 10.2. The lowest BCUT2D eigenvalue weighted by Gasteiger charge is -2.20. The van der Waals surface area contributed by atoms with Gasteiger partial charge in [0.2, 0.25) is 0 Å². The molecule has 33 heavy (non-hydrogen) atoms. The first kappa shape index (κ1) is 21.5. The fourth-order valence-corrected chi connectivity index (χ4v) is 5.85. The number of fused-ring (bicyclic) bond motifs is 2. The molecular formula is C26H21ClN2O3S. The van der Waals surface area contributed by atoms with Crippen LogP contribution in [0.4, 0.5) is 5.69 Å². The van der Waals surface area contributed by atoms with Crippen molar-refractivity contribution < 1.29 is 13.2 Å². The monoisotopic (exact) mass is 476 g/mol. The first-order valence-corrected chi connectivity index (χ1v) is 12.4. The Morgan fingerprint density at radius 1 is 0.939 bits per heavy atom. The Kier molecular flexibility index (Phi) is 5.56. The second kappa shape index (κ2) is 8.54. The Balaban J connectivity index is 1.35. The maximum absolute atomic E-state index is 13.1. The molecule has 4 aromatic carbocycles. The Morgan fingerprint density at radius 2 is 1.70 bits per heavy atom. The summed E-state index contributed by atoms with van der Waals surface area (Å²) in [7, 11) is -3.69. The van der Waals surface area contributed by atoms with Crippen LogP contribution in [0.1, 0.15) is 21.5 Å². The highest BCUT2D eigenvalue weighted by Gasteiger charge is 2.31. The van der Waals surface area contributed by atoms with Gasteiger partial charge in [0, 0.05) is 23.7 Å². The number of amides is 1. The number of rotatable bonds is 5. The number of nitrogens with one attached hydrogen (secondary N) is 1. The molecule has 1 aliphatic rings. The zero-order valence-electron chi connectivity index (χ0n) is 17.7. The van der Waals surface area contributed by atoms with E-state index in [9.17, 15) is 13.2 Å². The van der Waals surface area contributed by atoms with Crippen molar-refractivity contribution in [2.24, 2.45) is 0 Å². The van der Waals surface area contributed by atoms with Crippen molar-refractivity contribution in [2.75, 3.05) is 10.8 Å². The van der Waals surface area contributed by atoms with Crippen LogP contribution >= 0.6 is 11.6 Å². The van der Waals surface area contributed by atoms with Crippen LogP contribution in [0, 0.1) is 0 Å². The van der Waals surface area contributed by atoms with Gasteiger partial charge in [-0.2, -0.15) is 0 Å². The standard InChI is InChI=1S/C26H21ClN2O3S/c27-22-9-11-23(12-10-22)33(31,32)29-15-14-19-16-20(8-13-25(19)29)26(30)28-17-21-6-3-5-18-4-1-2-7-24(18)21/h1-13,16H,14-15,17H2,(H,28,30). The molecule has 1 N–H and O–H groups in total. The summed E-state index contributed by atoms with van der Waals surface area (Å²) in [5.41, 5.74) is 3.00. The van der Waals surface area contributed by atoms with Gasteiger partial charge in [-0.1, -0.05) is 54.1 Å². The summed E-state index contributed by atoms with van der Waals surface area (Å²) >= 11 is 5.90. The molecule has 0 radical (unpaired) electrons. The van der Waals surface area contributed by atoms with Crippen molar-refractivity contribution in [1.82, 2.24) is 5.32 Å². The van der Waals surface area contributed by atoms with Crippen molar-refractivity contribution in [3.8, 4) is 0 Å². The van der Waals surface area contributed by atoms with Gasteiger partial charge in [-0.3, -0.25) is 9.10 Å². The lowest BCUT2D eigenvalue weighted by Crippen LogP contribution is -2.29. The smallest absolute Gasteiger partial charge is 0.264 e. The molecule has 0 bridgehead atoms. The predicted molar refractivity (Wildman–Crippen MR) is 131 cm³/mol. The number of hydrogen-bond donors (Lipinski definition) is 1. The summed E-state index contributed by atoms with van der Waals surface area (Å²) in [6, 6.07) is 25.4. The number of sulfonamides is 1. The Hall–Kier alpha value is -3.35. The molecule has 0 unspecified atom stereocenters. The first-order valence-electron chi connectivity index (χ1n) is 10.6. The topological polar surface area (TPSA) is 66.5 Å². The minimum atomic E-state index is -3.69. The molecule has 1 amide bonds. The SMILES string of the molecule is O=C(NCc1cccc2ccccc12)c1ccc2c(c1)CCN2S(=O)(=O)c1ccc(Cl)cc1. The normalized spacial score (nSPS) is 13.2. The van der Waals surface area contributed by atoms with Gasteiger partial charge >= 0.3 is 0 Å². The third kappa shape index (κ3) is 4.08. The van der Waals surface area contributed by atoms with Crippen LogP contribution in [0.5, 0.6) is 0 Å². The highest BCUT2D eigenvalue weighted by atomic mass is 35.5. The van der Waals surface area contributed by atoms with Crippen LogP contribution in [0.2, 0.25) is 5.02 Å². The van der Waals surface area contributed by atoms with Crippen molar-refractivity contribution in [2.45, 2.75) is 17.9 Å². The predicted octanol–water partition coefficient (Wildman–Crippen LogP) is 5.17. The van der Waals surface area contributed by atoms with Crippen molar-refractivity contribution in [1.29, 1.82) is 0 Å². The van der Waals surface area contributed by atoms with Crippen molar-refractivity contribution in [3.63, 3.8) is 0 Å². The largest absolute Gasteiger partial charge is 0.348 e.